The van der Waals surface area contributed by atoms with Crippen molar-refractivity contribution in [2.75, 3.05) is 9.84 Å². The summed E-state index contributed by atoms with van der Waals surface area (Å²) in [5, 5.41) is 18.5. The first-order chi connectivity index (χ1) is 9.61. The van der Waals surface area contributed by atoms with Crippen LogP contribution in [0.1, 0.15) is 5.56 Å². The quantitative estimate of drug-likeness (QED) is 0.508. The summed E-state index contributed by atoms with van der Waals surface area (Å²) in [7, 11) is 0. The highest BCUT2D eigenvalue weighted by Gasteiger charge is 2.10. The van der Waals surface area contributed by atoms with Crippen molar-refractivity contribution in [1.82, 2.24) is 0 Å². The standard InChI is InChI=1S/C13H11N3O3S/c14-9-10-6-7-12(13(17)8-10)15-16(20(18)19)11-4-2-1-3-5-11/h1-8,15,17H,(H,18,19)/p-1. The van der Waals surface area contributed by atoms with Crippen LogP contribution >= 0.6 is 0 Å². The minimum atomic E-state index is -2.57. The molecule has 6 nitrogen and oxygen atoms in total. The molecule has 2 aromatic carbocycles. The van der Waals surface area contributed by atoms with Crippen LogP contribution in [0.4, 0.5) is 11.4 Å². The molecule has 102 valence electrons. The zero-order valence-corrected chi connectivity index (χ0v) is 11.0. The van der Waals surface area contributed by atoms with Gasteiger partial charge in [-0.05, 0) is 30.3 Å². The van der Waals surface area contributed by atoms with Gasteiger partial charge in [-0.1, -0.05) is 18.2 Å². The average molecular weight is 288 g/mol. The summed E-state index contributed by atoms with van der Waals surface area (Å²) in [4.78, 5) is 0. The van der Waals surface area contributed by atoms with Crippen LogP contribution in [0.15, 0.2) is 48.5 Å². The summed E-state index contributed by atoms with van der Waals surface area (Å²) in [6, 6.07) is 14.4. The maximum absolute atomic E-state index is 11.3. The highest BCUT2D eigenvalue weighted by atomic mass is 32.2. The Labute approximate surface area is 118 Å². The summed E-state index contributed by atoms with van der Waals surface area (Å²) >= 11 is -2.57. The highest BCUT2D eigenvalue weighted by molar-refractivity contribution is 7.80. The number of aromatic hydroxyl groups is 1. The molecule has 1 unspecified atom stereocenters. The van der Waals surface area contributed by atoms with Crippen LogP contribution in [0.2, 0.25) is 0 Å². The number of nitrogens with one attached hydrogen (secondary N) is 1. The number of hydrazine groups is 1. The molecule has 0 spiro atoms. The smallest absolute Gasteiger partial charge is 0.141 e. The monoisotopic (exact) mass is 288 g/mol. The van der Waals surface area contributed by atoms with E-state index >= 15 is 0 Å². The zero-order valence-electron chi connectivity index (χ0n) is 10.2. The molecule has 0 saturated carbocycles. The summed E-state index contributed by atoms with van der Waals surface area (Å²) in [6.07, 6.45) is 0. The van der Waals surface area contributed by atoms with Gasteiger partial charge in [0.1, 0.15) is 5.75 Å². The summed E-state index contributed by atoms with van der Waals surface area (Å²) in [6.45, 7) is 0. The molecule has 0 aromatic heterocycles. The van der Waals surface area contributed by atoms with Gasteiger partial charge in [0.2, 0.25) is 0 Å². The van der Waals surface area contributed by atoms with E-state index in [0.717, 1.165) is 4.41 Å². The predicted octanol–water partition coefficient (Wildman–Crippen LogP) is 1.89. The fourth-order valence-electron chi connectivity index (χ4n) is 1.56. The molecule has 0 saturated heterocycles. The molecular weight excluding hydrogens is 278 g/mol. The van der Waals surface area contributed by atoms with E-state index in [1.54, 1.807) is 30.3 Å². The minimum Gasteiger partial charge on any atom is -0.754 e. The van der Waals surface area contributed by atoms with Gasteiger partial charge in [0.15, 0.2) is 0 Å². The Hall–Kier alpha value is -2.56. The van der Waals surface area contributed by atoms with Crippen molar-refractivity contribution in [3.63, 3.8) is 0 Å². The molecule has 0 fully saturated rings. The lowest BCUT2D eigenvalue weighted by molar-refractivity contribution is 0.477. The number of hydrogen-bond donors (Lipinski definition) is 2. The fourth-order valence-corrected chi connectivity index (χ4v) is 2.02. The molecule has 7 heteroatoms. The molecular formula is C13H10N3O3S-. The Balaban J connectivity index is 2.30. The Morgan fingerprint density at radius 2 is 1.95 bits per heavy atom. The molecule has 0 aliphatic rings. The van der Waals surface area contributed by atoms with Gasteiger partial charge >= 0.3 is 0 Å². The topological polar surface area (TPSA) is 99.4 Å². The summed E-state index contributed by atoms with van der Waals surface area (Å²) in [5.74, 6) is -0.213. The van der Waals surface area contributed by atoms with Crippen LogP contribution in [-0.2, 0) is 11.3 Å². The molecule has 20 heavy (non-hydrogen) atoms. The first kappa shape index (κ1) is 13.9. The van der Waals surface area contributed by atoms with E-state index in [9.17, 15) is 13.9 Å². The maximum atomic E-state index is 11.3. The van der Waals surface area contributed by atoms with Crippen molar-refractivity contribution < 1.29 is 13.9 Å². The van der Waals surface area contributed by atoms with Crippen molar-refractivity contribution in [2.24, 2.45) is 0 Å². The number of phenols is 1. The summed E-state index contributed by atoms with van der Waals surface area (Å²) in [5.41, 5.74) is 3.43. The lowest BCUT2D eigenvalue weighted by atomic mass is 10.2. The molecule has 2 rings (SSSR count). The molecule has 2 N–H and O–H groups in total. The second-order valence-electron chi connectivity index (χ2n) is 3.80. The number of phenolic OH excluding ortho intramolecular Hbond substituents is 1. The number of nitriles is 1. The van der Waals surface area contributed by atoms with Crippen LogP contribution in [0.3, 0.4) is 0 Å². The number of nitrogens with zero attached hydrogens (tertiary/aromatic N) is 2. The second-order valence-corrected chi connectivity index (χ2v) is 4.60. The van der Waals surface area contributed by atoms with Crippen molar-refractivity contribution >= 4 is 22.6 Å². The predicted molar refractivity (Wildman–Crippen MR) is 74.3 cm³/mol. The third-order valence-corrected chi connectivity index (χ3v) is 3.09. The van der Waals surface area contributed by atoms with Crippen molar-refractivity contribution in [1.29, 1.82) is 5.26 Å². The van der Waals surface area contributed by atoms with Gasteiger partial charge in [-0.3, -0.25) is 9.63 Å². The van der Waals surface area contributed by atoms with E-state index in [1.807, 2.05) is 6.07 Å². The number of benzene rings is 2. The molecule has 0 aliphatic heterocycles. The Kier molecular flexibility index (Phi) is 4.20. The van der Waals surface area contributed by atoms with Crippen LogP contribution in [0, 0.1) is 11.3 Å². The van der Waals surface area contributed by atoms with Crippen LogP contribution < -0.4 is 9.84 Å². The molecule has 1 atom stereocenters. The lowest BCUT2D eigenvalue weighted by Gasteiger charge is -2.27. The Morgan fingerprint density at radius 1 is 1.25 bits per heavy atom. The van der Waals surface area contributed by atoms with Gasteiger partial charge in [-0.2, -0.15) is 5.26 Å². The first-order valence-electron chi connectivity index (χ1n) is 5.56. The zero-order chi connectivity index (χ0) is 14.5. The number of anilines is 2. The summed E-state index contributed by atoms with van der Waals surface area (Å²) < 4.78 is 23.4. The first-order valence-corrected chi connectivity index (χ1v) is 6.59. The third kappa shape index (κ3) is 3.06. The maximum Gasteiger partial charge on any atom is 0.141 e. The van der Waals surface area contributed by atoms with Crippen LogP contribution in [0.25, 0.3) is 0 Å². The fraction of sp³-hybridized carbons (Fsp3) is 0. The molecule has 0 heterocycles. The average Bonchev–Trinajstić information content (AvgIpc) is 2.46. The highest BCUT2D eigenvalue weighted by Crippen LogP contribution is 2.26. The second kappa shape index (κ2) is 6.06. The van der Waals surface area contributed by atoms with Gasteiger partial charge in [-0.15, -0.1) is 0 Å². The minimum absolute atomic E-state index is 0.178. The third-order valence-electron chi connectivity index (χ3n) is 2.49. The van der Waals surface area contributed by atoms with Crippen molar-refractivity contribution in [3.05, 3.63) is 54.1 Å². The number of rotatable bonds is 4. The van der Waals surface area contributed by atoms with Crippen LogP contribution in [-0.4, -0.2) is 13.9 Å². The largest absolute Gasteiger partial charge is 0.754 e. The van der Waals surface area contributed by atoms with Crippen molar-refractivity contribution in [2.45, 2.75) is 0 Å². The van der Waals surface area contributed by atoms with Gasteiger partial charge in [-0.25, -0.2) is 4.41 Å². The molecule has 0 radical (unpaired) electrons. The normalized spacial score (nSPS) is 11.4. The molecule has 2 aromatic rings. The van der Waals surface area contributed by atoms with E-state index < -0.39 is 11.3 Å². The Morgan fingerprint density at radius 3 is 2.50 bits per heavy atom. The van der Waals surface area contributed by atoms with E-state index in [2.05, 4.69) is 5.43 Å². The van der Waals surface area contributed by atoms with Gasteiger partial charge in [0, 0.05) is 0 Å². The van der Waals surface area contributed by atoms with Crippen molar-refractivity contribution in [3.8, 4) is 11.8 Å². The SMILES string of the molecule is N#Cc1ccc(NN(c2ccccc2)S(=O)[O-])c(O)c1. The molecule has 0 amide bonds. The van der Waals surface area contributed by atoms with E-state index in [0.29, 0.717) is 5.69 Å². The van der Waals surface area contributed by atoms with Gasteiger partial charge < -0.3 is 9.66 Å². The van der Waals surface area contributed by atoms with E-state index in [-0.39, 0.29) is 17.0 Å². The lowest BCUT2D eigenvalue weighted by Crippen LogP contribution is -2.31. The van der Waals surface area contributed by atoms with Gasteiger partial charge in [0.25, 0.3) is 0 Å². The molecule has 0 aliphatic carbocycles. The van der Waals surface area contributed by atoms with Gasteiger partial charge in [0.05, 0.1) is 34.3 Å². The Bertz CT molecular complexity index is 670. The number of para-hydroxylation sites is 1. The molecule has 0 bridgehead atoms. The number of hydrogen-bond acceptors (Lipinski definition) is 5. The van der Waals surface area contributed by atoms with E-state index in [1.165, 1.54) is 18.2 Å². The van der Waals surface area contributed by atoms with Crippen LogP contribution in [0.5, 0.6) is 5.75 Å². The van der Waals surface area contributed by atoms with E-state index in [4.69, 9.17) is 5.26 Å².